The number of amides is 2. The van der Waals surface area contributed by atoms with E-state index in [1.165, 1.54) is 18.1 Å². The maximum atomic E-state index is 13.7. The lowest BCUT2D eigenvalue weighted by atomic mass is 9.68. The number of aryl methyl sites for hydroxylation is 1. The van der Waals surface area contributed by atoms with Crippen LogP contribution in [0.2, 0.25) is 5.02 Å². The van der Waals surface area contributed by atoms with Gasteiger partial charge >= 0.3 is 0 Å². The Hall–Kier alpha value is -3.14. The Morgan fingerprint density at radius 2 is 2.07 bits per heavy atom. The van der Waals surface area contributed by atoms with Crippen molar-refractivity contribution in [1.29, 1.82) is 0 Å². The van der Waals surface area contributed by atoms with Crippen LogP contribution in [0.4, 0.5) is 5.69 Å². The number of halogens is 1. The third-order valence-electron chi connectivity index (χ3n) is 9.75. The number of benzene rings is 2. The number of anilines is 1. The maximum Gasteiger partial charge on any atom is 0.286 e. The van der Waals surface area contributed by atoms with E-state index in [0.29, 0.717) is 42.7 Å². The monoisotopic (exact) mass is 667 g/mol. The van der Waals surface area contributed by atoms with E-state index in [0.717, 1.165) is 49.4 Å². The van der Waals surface area contributed by atoms with Crippen molar-refractivity contribution in [3.8, 4) is 5.75 Å². The van der Waals surface area contributed by atoms with Crippen molar-refractivity contribution >= 4 is 39.0 Å². The Morgan fingerprint density at radius 3 is 2.74 bits per heavy atom. The van der Waals surface area contributed by atoms with Gasteiger partial charge in [0.15, 0.2) is 0 Å². The molecule has 1 aliphatic heterocycles. The van der Waals surface area contributed by atoms with Crippen LogP contribution in [0.15, 0.2) is 66.1 Å². The van der Waals surface area contributed by atoms with E-state index >= 15 is 0 Å². The van der Waals surface area contributed by atoms with Crippen molar-refractivity contribution in [2.45, 2.75) is 63.9 Å². The van der Waals surface area contributed by atoms with Crippen LogP contribution in [0, 0.1) is 17.8 Å². The largest absolute Gasteiger partial charge is 0.490 e. The number of nitrogens with zero attached hydrogens (tertiary/aromatic N) is 2. The van der Waals surface area contributed by atoms with E-state index in [-0.39, 0.29) is 23.2 Å². The average Bonchev–Trinajstić information content (AvgIpc) is 3.14. The summed E-state index contributed by atoms with van der Waals surface area (Å²) < 4.78 is 32.7. The number of ether oxygens (including phenoxy) is 2. The molecular weight excluding hydrogens is 622 g/mol. The van der Waals surface area contributed by atoms with Crippen LogP contribution < -0.4 is 14.4 Å². The second-order valence-electron chi connectivity index (χ2n) is 13.2. The van der Waals surface area contributed by atoms with Crippen LogP contribution in [0.3, 0.4) is 0 Å². The first kappa shape index (κ1) is 34.2. The Kier molecular flexibility index (Phi) is 10.6. The number of allylic oxidation sites excluding steroid dienone is 1. The minimum atomic E-state index is -3.35. The van der Waals surface area contributed by atoms with E-state index in [1.54, 1.807) is 19.3 Å². The molecule has 1 heterocycles. The van der Waals surface area contributed by atoms with Crippen molar-refractivity contribution < 1.29 is 23.3 Å². The molecule has 0 bridgehead atoms. The topological polar surface area (TPSA) is 97.3 Å². The smallest absolute Gasteiger partial charge is 0.286 e. The molecule has 46 heavy (non-hydrogen) atoms. The van der Waals surface area contributed by atoms with Crippen molar-refractivity contribution in [3.05, 3.63) is 83.4 Å². The van der Waals surface area contributed by atoms with Gasteiger partial charge in [0.05, 0.1) is 24.2 Å². The third kappa shape index (κ3) is 7.37. The Bertz CT molecular complexity index is 1620. The van der Waals surface area contributed by atoms with Gasteiger partial charge in [-0.2, -0.15) is 0 Å². The predicted octanol–water partition coefficient (Wildman–Crippen LogP) is 6.91. The Morgan fingerprint density at radius 1 is 1.26 bits per heavy atom. The number of rotatable bonds is 11. The molecule has 0 aromatic heterocycles. The fourth-order valence-corrected chi connectivity index (χ4v) is 9.61. The highest BCUT2D eigenvalue weighted by molar-refractivity contribution is 7.92. The summed E-state index contributed by atoms with van der Waals surface area (Å²) in [6.45, 7) is 12.9. The summed E-state index contributed by atoms with van der Waals surface area (Å²) in [4.78, 5) is 28.0. The van der Waals surface area contributed by atoms with Gasteiger partial charge in [0.2, 0.25) is 5.91 Å². The zero-order valence-corrected chi connectivity index (χ0v) is 28.7. The van der Waals surface area contributed by atoms with Crippen LogP contribution in [0.5, 0.6) is 5.75 Å². The second-order valence-corrected chi connectivity index (χ2v) is 15.7. The summed E-state index contributed by atoms with van der Waals surface area (Å²) in [6, 6.07) is 11.5. The highest BCUT2D eigenvalue weighted by atomic mass is 35.5. The minimum absolute atomic E-state index is 0.0231. The fourth-order valence-electron chi connectivity index (χ4n) is 7.48. The molecular formula is C36H46ClN3O5S. The lowest BCUT2D eigenvalue weighted by Gasteiger charge is -2.46. The molecule has 1 spiro atoms. The summed E-state index contributed by atoms with van der Waals surface area (Å²) in [7, 11) is -1.62. The summed E-state index contributed by atoms with van der Waals surface area (Å²) in [5.41, 5.74) is 3.37. The van der Waals surface area contributed by atoms with Gasteiger partial charge in [-0.05, 0) is 97.7 Å². The van der Waals surface area contributed by atoms with Gasteiger partial charge in [0.25, 0.3) is 5.91 Å². The van der Waals surface area contributed by atoms with E-state index in [9.17, 15) is 13.8 Å². The van der Waals surface area contributed by atoms with E-state index in [4.69, 9.17) is 21.1 Å². The van der Waals surface area contributed by atoms with E-state index < -0.39 is 21.7 Å². The van der Waals surface area contributed by atoms with Crippen LogP contribution in [-0.4, -0.2) is 54.7 Å². The lowest BCUT2D eigenvalue weighted by molar-refractivity contribution is -0.117. The molecule has 0 radical (unpaired) electrons. The average molecular weight is 668 g/mol. The van der Waals surface area contributed by atoms with E-state index in [1.807, 2.05) is 31.2 Å². The van der Waals surface area contributed by atoms with Crippen LogP contribution in [0.25, 0.3) is 0 Å². The molecule has 5 rings (SSSR count). The molecule has 0 unspecified atom stereocenters. The summed E-state index contributed by atoms with van der Waals surface area (Å²) in [6.07, 6.45) is 9.28. The molecule has 6 atom stereocenters. The zero-order valence-electron chi connectivity index (χ0n) is 27.1. The number of fused-ring (bicyclic) bond motifs is 3. The molecule has 1 saturated carbocycles. The molecule has 2 aromatic rings. The number of carbonyl (C=O) groups excluding carboxylic acids is 2. The number of nitrogens with one attached hydrogen (secondary N) is 1. The zero-order chi connectivity index (χ0) is 33.1. The molecule has 8 nitrogen and oxygen atoms in total. The van der Waals surface area contributed by atoms with Gasteiger partial charge in [-0.1, -0.05) is 36.7 Å². The number of carbonyl (C=O) groups is 2. The standard InChI is InChI=1S/C36H46ClN3O5S/c1-6-9-24(3)21-46(43,38-25(4)41)39-35(42)27-12-16-34-32(19-27)40(20-28-11-14-30(28)33(7-2)44-5)22-36(23-45-34)17-8-10-26-18-29(37)13-15-31(26)36/h6-7,12-13,15-16,18-19,24,28,30,33H,1-2,8-11,14,17,20-23H2,3-5H3,(H,38,39,41,42,43)/t24-,28-,30+,33-,36-,46+/m0/s1. The van der Waals surface area contributed by atoms with E-state index in [2.05, 4.69) is 39.3 Å². The van der Waals surface area contributed by atoms with Gasteiger partial charge in [0.1, 0.15) is 15.7 Å². The first-order valence-electron chi connectivity index (χ1n) is 16.1. The molecule has 0 saturated heterocycles. The van der Waals surface area contributed by atoms with Crippen molar-refractivity contribution in [1.82, 2.24) is 4.72 Å². The highest BCUT2D eigenvalue weighted by Gasteiger charge is 2.44. The van der Waals surface area contributed by atoms with Gasteiger partial charge < -0.3 is 14.4 Å². The highest BCUT2D eigenvalue weighted by Crippen LogP contribution is 2.47. The van der Waals surface area contributed by atoms with Gasteiger partial charge in [-0.15, -0.1) is 17.5 Å². The predicted molar refractivity (Wildman–Crippen MR) is 185 cm³/mol. The molecule has 10 heteroatoms. The first-order chi connectivity index (χ1) is 22.0. The number of hydrogen-bond acceptors (Lipinski definition) is 6. The lowest BCUT2D eigenvalue weighted by Crippen LogP contribution is -2.49. The van der Waals surface area contributed by atoms with Crippen molar-refractivity contribution in [2.24, 2.45) is 22.1 Å². The third-order valence-corrected chi connectivity index (χ3v) is 12.1. The summed E-state index contributed by atoms with van der Waals surface area (Å²) in [5.74, 6) is 0.226. The maximum absolute atomic E-state index is 13.7. The summed E-state index contributed by atoms with van der Waals surface area (Å²) >= 11 is 6.42. The quantitative estimate of drug-likeness (QED) is 0.262. The van der Waals surface area contributed by atoms with Crippen molar-refractivity contribution in [3.63, 3.8) is 0 Å². The van der Waals surface area contributed by atoms with Gasteiger partial charge in [-0.25, -0.2) is 4.21 Å². The number of hydrogen-bond donors (Lipinski definition) is 1. The van der Waals surface area contributed by atoms with Crippen LogP contribution in [0.1, 0.15) is 67.4 Å². The summed E-state index contributed by atoms with van der Waals surface area (Å²) in [5, 5.41) is 0.736. The molecule has 2 amide bonds. The van der Waals surface area contributed by atoms with Crippen LogP contribution >= 0.6 is 11.6 Å². The molecule has 2 aromatic carbocycles. The number of methoxy groups -OCH3 is 1. The van der Waals surface area contributed by atoms with Gasteiger partial charge in [0, 0.05) is 43.1 Å². The molecule has 2 aliphatic carbocycles. The van der Waals surface area contributed by atoms with Crippen LogP contribution in [-0.2, 0) is 31.3 Å². The fraction of sp³-hybridized carbons (Fsp3) is 0.500. The first-order valence-corrected chi connectivity index (χ1v) is 18.2. The Balaban J connectivity index is 1.54. The second kappa shape index (κ2) is 14.3. The SMILES string of the molecule is C=CC[C@H](C)C[S@](=O)(=NC(=O)c1ccc2c(c1)N(C[C@@H]1CC[C@H]1[C@H](C=C)OC)C[C@@]1(CCCc3cc(Cl)ccc31)CO2)NC(C)=O. The normalized spacial score (nSPS) is 24.5. The minimum Gasteiger partial charge on any atom is -0.490 e. The van der Waals surface area contributed by atoms with Gasteiger partial charge in [-0.3, -0.25) is 14.3 Å². The van der Waals surface area contributed by atoms with Crippen molar-refractivity contribution in [2.75, 3.05) is 37.5 Å². The molecule has 3 aliphatic rings. The molecule has 1 fully saturated rings. The molecule has 1 N–H and O–H groups in total. The molecule has 248 valence electrons. The Labute approximate surface area is 278 Å².